The van der Waals surface area contributed by atoms with Gasteiger partial charge in [-0.3, -0.25) is 0 Å². The van der Waals surface area contributed by atoms with E-state index in [2.05, 4.69) is 10.3 Å². The van der Waals surface area contributed by atoms with E-state index < -0.39 is 11.6 Å². The van der Waals surface area contributed by atoms with E-state index in [1.807, 2.05) is 0 Å². The van der Waals surface area contributed by atoms with Gasteiger partial charge < -0.3 is 10.4 Å². The van der Waals surface area contributed by atoms with Gasteiger partial charge in [-0.1, -0.05) is 6.42 Å². The smallest absolute Gasteiger partial charge is 0.168 e. The number of aliphatic hydroxyl groups is 1. The Labute approximate surface area is 98.9 Å². The normalized spacial score (nSPS) is 24.6. The molecule has 94 valence electrons. The minimum atomic E-state index is -0.680. The lowest BCUT2D eigenvalue weighted by atomic mass is 9.87. The van der Waals surface area contributed by atoms with Crippen LogP contribution in [0.5, 0.6) is 0 Å². The lowest BCUT2D eigenvalue weighted by molar-refractivity contribution is 0.104. The van der Waals surface area contributed by atoms with Gasteiger partial charge in [-0.15, -0.1) is 0 Å². The zero-order chi connectivity index (χ0) is 12.3. The first-order valence-electron chi connectivity index (χ1n) is 5.88. The maximum absolute atomic E-state index is 13.3. The summed E-state index contributed by atoms with van der Waals surface area (Å²) in [6, 6.07) is 0.811. The third-order valence-electron chi connectivity index (χ3n) is 3.12. The highest BCUT2D eigenvalue weighted by molar-refractivity contribution is 5.35. The van der Waals surface area contributed by atoms with Gasteiger partial charge in [-0.25, -0.2) is 13.8 Å². The Hall–Kier alpha value is -1.23. The van der Waals surface area contributed by atoms with Gasteiger partial charge >= 0.3 is 0 Å². The summed E-state index contributed by atoms with van der Waals surface area (Å²) >= 11 is 0. The molecule has 17 heavy (non-hydrogen) atoms. The van der Waals surface area contributed by atoms with Gasteiger partial charge in [-0.05, 0) is 25.2 Å². The average Bonchev–Trinajstić information content (AvgIpc) is 2.28. The summed E-state index contributed by atoms with van der Waals surface area (Å²) in [5.74, 6) is -0.959. The number of halogens is 2. The average molecular weight is 242 g/mol. The number of pyridine rings is 1. The Balaban J connectivity index is 1.88. The molecular formula is C12H16F2N2O. The minimum absolute atomic E-state index is 0.0754. The molecular weight excluding hydrogens is 226 g/mol. The predicted octanol–water partition coefficient (Wildman–Crippen LogP) is 2.32. The van der Waals surface area contributed by atoms with Crippen molar-refractivity contribution in [2.45, 2.75) is 31.8 Å². The molecule has 3 nitrogen and oxygen atoms in total. The Bertz CT molecular complexity index is 387. The van der Waals surface area contributed by atoms with Gasteiger partial charge in [0.2, 0.25) is 0 Å². The summed E-state index contributed by atoms with van der Waals surface area (Å²) < 4.78 is 25.9. The maximum Gasteiger partial charge on any atom is 0.168 e. The molecule has 1 aromatic rings. The van der Waals surface area contributed by atoms with Gasteiger partial charge in [-0.2, -0.15) is 0 Å². The molecule has 1 heterocycles. The Kier molecular flexibility index (Phi) is 3.89. The molecule has 2 atom stereocenters. The largest absolute Gasteiger partial charge is 0.393 e. The zero-order valence-corrected chi connectivity index (χ0v) is 9.50. The summed E-state index contributed by atoms with van der Waals surface area (Å²) in [5.41, 5.74) is 0. The second-order valence-corrected chi connectivity index (χ2v) is 4.55. The molecule has 0 bridgehead atoms. The molecule has 0 spiro atoms. The SMILES string of the molecule is OC1CCCC(CNc2ncc(F)cc2F)C1. The molecule has 0 aliphatic heterocycles. The third-order valence-corrected chi connectivity index (χ3v) is 3.12. The van der Waals surface area contributed by atoms with Crippen molar-refractivity contribution in [2.24, 2.45) is 5.92 Å². The number of anilines is 1. The lowest BCUT2D eigenvalue weighted by Gasteiger charge is -2.26. The van der Waals surface area contributed by atoms with E-state index in [1.165, 1.54) is 0 Å². The third kappa shape index (κ3) is 3.36. The van der Waals surface area contributed by atoms with E-state index in [0.717, 1.165) is 37.9 Å². The quantitative estimate of drug-likeness (QED) is 0.855. The van der Waals surface area contributed by atoms with E-state index in [0.29, 0.717) is 12.5 Å². The summed E-state index contributed by atoms with van der Waals surface area (Å²) in [6.07, 6.45) is 4.33. The molecule has 0 aromatic carbocycles. The number of nitrogens with one attached hydrogen (secondary N) is 1. The molecule has 1 saturated carbocycles. The van der Waals surface area contributed by atoms with Crippen LogP contribution >= 0.6 is 0 Å². The highest BCUT2D eigenvalue weighted by Crippen LogP contribution is 2.24. The second-order valence-electron chi connectivity index (χ2n) is 4.55. The molecule has 0 amide bonds. The molecule has 0 radical (unpaired) electrons. The van der Waals surface area contributed by atoms with Gasteiger partial charge in [0, 0.05) is 12.6 Å². The van der Waals surface area contributed by atoms with Crippen LogP contribution in [-0.4, -0.2) is 22.7 Å². The maximum atomic E-state index is 13.3. The van der Waals surface area contributed by atoms with Gasteiger partial charge in [0.1, 0.15) is 5.82 Å². The van der Waals surface area contributed by atoms with E-state index in [-0.39, 0.29) is 11.9 Å². The fourth-order valence-corrected chi connectivity index (χ4v) is 2.23. The van der Waals surface area contributed by atoms with Crippen LogP contribution in [0.3, 0.4) is 0 Å². The molecule has 2 N–H and O–H groups in total. The molecule has 0 saturated heterocycles. The van der Waals surface area contributed by atoms with Gasteiger partial charge in [0.15, 0.2) is 11.6 Å². The van der Waals surface area contributed by atoms with Crippen molar-refractivity contribution in [2.75, 3.05) is 11.9 Å². The molecule has 5 heteroatoms. The van der Waals surface area contributed by atoms with Crippen molar-refractivity contribution in [3.63, 3.8) is 0 Å². The summed E-state index contributed by atoms with van der Waals surface area (Å²) in [6.45, 7) is 0.562. The molecule has 1 aliphatic carbocycles. The molecule has 1 fully saturated rings. The van der Waals surface area contributed by atoms with Crippen LogP contribution < -0.4 is 5.32 Å². The summed E-state index contributed by atoms with van der Waals surface area (Å²) in [7, 11) is 0. The first kappa shape index (κ1) is 12.2. The molecule has 2 unspecified atom stereocenters. The number of hydrogen-bond donors (Lipinski definition) is 2. The second kappa shape index (κ2) is 5.40. The molecule has 2 rings (SSSR count). The zero-order valence-electron chi connectivity index (χ0n) is 9.50. The van der Waals surface area contributed by atoms with Crippen LogP contribution in [0.25, 0.3) is 0 Å². The van der Waals surface area contributed by atoms with Crippen molar-refractivity contribution in [1.29, 1.82) is 0 Å². The number of aromatic nitrogens is 1. The molecule has 1 aliphatic rings. The highest BCUT2D eigenvalue weighted by Gasteiger charge is 2.20. The van der Waals surface area contributed by atoms with E-state index in [4.69, 9.17) is 0 Å². The first-order valence-corrected chi connectivity index (χ1v) is 5.88. The fourth-order valence-electron chi connectivity index (χ4n) is 2.23. The topological polar surface area (TPSA) is 45.1 Å². The van der Waals surface area contributed by atoms with Gasteiger partial charge in [0.05, 0.1) is 12.3 Å². The van der Waals surface area contributed by atoms with E-state index >= 15 is 0 Å². The van der Waals surface area contributed by atoms with Crippen LogP contribution in [-0.2, 0) is 0 Å². The van der Waals surface area contributed by atoms with Crippen LogP contribution in [0, 0.1) is 17.6 Å². The van der Waals surface area contributed by atoms with Crippen molar-refractivity contribution in [3.05, 3.63) is 23.9 Å². The van der Waals surface area contributed by atoms with Crippen LogP contribution in [0.4, 0.5) is 14.6 Å². The minimum Gasteiger partial charge on any atom is -0.393 e. The van der Waals surface area contributed by atoms with Crippen molar-refractivity contribution >= 4 is 5.82 Å². The fraction of sp³-hybridized carbons (Fsp3) is 0.583. The van der Waals surface area contributed by atoms with Crippen LogP contribution in [0.1, 0.15) is 25.7 Å². The van der Waals surface area contributed by atoms with Crippen LogP contribution in [0.15, 0.2) is 12.3 Å². The monoisotopic (exact) mass is 242 g/mol. The Morgan fingerprint density at radius 3 is 2.94 bits per heavy atom. The standard InChI is InChI=1S/C12H16F2N2O/c13-9-5-11(14)12(16-7-9)15-6-8-2-1-3-10(17)4-8/h5,7-8,10,17H,1-4,6H2,(H,15,16). The Morgan fingerprint density at radius 2 is 2.24 bits per heavy atom. The lowest BCUT2D eigenvalue weighted by Crippen LogP contribution is -2.25. The van der Waals surface area contributed by atoms with E-state index in [1.54, 1.807) is 0 Å². The predicted molar refractivity (Wildman–Crippen MR) is 60.6 cm³/mol. The number of hydrogen-bond acceptors (Lipinski definition) is 3. The number of nitrogens with zero attached hydrogens (tertiary/aromatic N) is 1. The van der Waals surface area contributed by atoms with E-state index in [9.17, 15) is 13.9 Å². The molecule has 1 aromatic heterocycles. The van der Waals surface area contributed by atoms with Crippen molar-refractivity contribution in [1.82, 2.24) is 4.98 Å². The van der Waals surface area contributed by atoms with Crippen molar-refractivity contribution in [3.8, 4) is 0 Å². The highest BCUT2D eigenvalue weighted by atomic mass is 19.1. The first-order chi connectivity index (χ1) is 8.15. The summed E-state index contributed by atoms with van der Waals surface area (Å²) in [5, 5.41) is 12.4. The van der Waals surface area contributed by atoms with Crippen molar-refractivity contribution < 1.29 is 13.9 Å². The Morgan fingerprint density at radius 1 is 1.41 bits per heavy atom. The number of aliphatic hydroxyl groups excluding tert-OH is 1. The number of rotatable bonds is 3. The summed E-state index contributed by atoms with van der Waals surface area (Å²) in [4.78, 5) is 3.66. The van der Waals surface area contributed by atoms with Gasteiger partial charge in [0.25, 0.3) is 0 Å². The van der Waals surface area contributed by atoms with Crippen LogP contribution in [0.2, 0.25) is 0 Å².